The van der Waals surface area contributed by atoms with Gasteiger partial charge in [0.25, 0.3) is 0 Å². The molecule has 0 bridgehead atoms. The molecule has 0 amide bonds. The fraction of sp³-hybridized carbons (Fsp3) is 0.158. The Morgan fingerprint density at radius 1 is 1.20 bits per heavy atom. The molecule has 1 aromatic heterocycles. The van der Waals surface area contributed by atoms with Crippen LogP contribution >= 0.6 is 23.4 Å². The van der Waals surface area contributed by atoms with E-state index in [1.807, 2.05) is 37.3 Å². The van der Waals surface area contributed by atoms with Gasteiger partial charge in [-0.2, -0.15) is 0 Å². The first kappa shape index (κ1) is 17.6. The zero-order valence-corrected chi connectivity index (χ0v) is 15.0. The quantitative estimate of drug-likeness (QED) is 0.371. The fourth-order valence-corrected chi connectivity index (χ4v) is 3.39. The molecule has 0 radical (unpaired) electrons. The van der Waals surface area contributed by atoms with Gasteiger partial charge in [-0.15, -0.1) is 11.8 Å². The van der Waals surface area contributed by atoms with Crippen LogP contribution in [0.2, 0.25) is 5.02 Å². The molecule has 0 N–H and O–H groups in total. The standard InChI is InChI=1S/C19H15ClO4S/c1-12-6-7-14-13(9-18(21)24-16(14)8-12)10-23-19(22)11-25-17-5-3-2-4-15(17)20/h2-9H,10-11H2,1H3. The van der Waals surface area contributed by atoms with E-state index in [1.165, 1.54) is 17.8 Å². The second kappa shape index (κ2) is 7.76. The molecule has 0 aliphatic heterocycles. The number of hydrogen-bond acceptors (Lipinski definition) is 5. The largest absolute Gasteiger partial charge is 0.460 e. The van der Waals surface area contributed by atoms with Crippen molar-refractivity contribution in [2.75, 3.05) is 5.75 Å². The van der Waals surface area contributed by atoms with Crippen LogP contribution in [-0.4, -0.2) is 11.7 Å². The van der Waals surface area contributed by atoms with Gasteiger partial charge in [-0.25, -0.2) is 4.79 Å². The summed E-state index contributed by atoms with van der Waals surface area (Å²) in [5.41, 5.74) is 1.64. The highest BCUT2D eigenvalue weighted by molar-refractivity contribution is 8.00. The Kier molecular flexibility index (Phi) is 5.46. The minimum Gasteiger partial charge on any atom is -0.460 e. The van der Waals surface area contributed by atoms with Crippen molar-refractivity contribution in [1.82, 2.24) is 0 Å². The first-order chi connectivity index (χ1) is 12.0. The van der Waals surface area contributed by atoms with Crippen LogP contribution in [0.3, 0.4) is 0 Å². The number of hydrogen-bond donors (Lipinski definition) is 0. The van der Waals surface area contributed by atoms with E-state index in [0.29, 0.717) is 16.2 Å². The maximum Gasteiger partial charge on any atom is 0.336 e. The summed E-state index contributed by atoms with van der Waals surface area (Å²) in [7, 11) is 0. The van der Waals surface area contributed by atoms with E-state index in [9.17, 15) is 9.59 Å². The zero-order chi connectivity index (χ0) is 17.8. The lowest BCUT2D eigenvalue weighted by Crippen LogP contribution is -2.09. The highest BCUT2D eigenvalue weighted by Crippen LogP contribution is 2.26. The van der Waals surface area contributed by atoms with Gasteiger partial charge in [0, 0.05) is 21.9 Å². The lowest BCUT2D eigenvalue weighted by atomic mass is 10.1. The summed E-state index contributed by atoms with van der Waals surface area (Å²) in [5.74, 6) is -0.235. The number of fused-ring (bicyclic) bond motifs is 1. The molecular weight excluding hydrogens is 360 g/mol. The molecule has 6 heteroatoms. The summed E-state index contributed by atoms with van der Waals surface area (Å²) in [6.07, 6.45) is 0. The molecule has 0 spiro atoms. The molecule has 0 fully saturated rings. The molecule has 0 saturated carbocycles. The Morgan fingerprint density at radius 3 is 2.80 bits per heavy atom. The molecule has 0 aliphatic rings. The molecule has 0 saturated heterocycles. The van der Waals surface area contributed by atoms with E-state index >= 15 is 0 Å². The molecule has 128 valence electrons. The molecule has 4 nitrogen and oxygen atoms in total. The second-order valence-electron chi connectivity index (χ2n) is 5.47. The average molecular weight is 375 g/mol. The number of aryl methyl sites for hydroxylation is 1. The number of rotatable bonds is 5. The van der Waals surface area contributed by atoms with Crippen molar-refractivity contribution < 1.29 is 13.9 Å². The topological polar surface area (TPSA) is 56.5 Å². The smallest absolute Gasteiger partial charge is 0.336 e. The Bertz CT molecular complexity index is 981. The SMILES string of the molecule is Cc1ccc2c(COC(=O)CSc3ccccc3Cl)cc(=O)oc2c1. The predicted molar refractivity (Wildman–Crippen MR) is 99.2 cm³/mol. The van der Waals surface area contributed by atoms with Crippen LogP contribution in [0.5, 0.6) is 0 Å². The lowest BCUT2D eigenvalue weighted by molar-refractivity contribution is -0.141. The Hall–Kier alpha value is -2.24. The van der Waals surface area contributed by atoms with Crippen molar-refractivity contribution in [3.8, 4) is 0 Å². The van der Waals surface area contributed by atoms with E-state index in [-0.39, 0.29) is 18.3 Å². The number of benzene rings is 2. The minimum atomic E-state index is -0.463. The summed E-state index contributed by atoms with van der Waals surface area (Å²) in [4.78, 5) is 24.5. The van der Waals surface area contributed by atoms with Crippen molar-refractivity contribution in [2.45, 2.75) is 18.4 Å². The average Bonchev–Trinajstić information content (AvgIpc) is 2.58. The summed E-state index contributed by atoms with van der Waals surface area (Å²) >= 11 is 7.37. The normalized spacial score (nSPS) is 10.8. The third-order valence-corrected chi connectivity index (χ3v) is 5.05. The van der Waals surface area contributed by atoms with Crippen LogP contribution in [0.1, 0.15) is 11.1 Å². The number of ether oxygens (including phenoxy) is 1. The van der Waals surface area contributed by atoms with Crippen LogP contribution in [0, 0.1) is 6.92 Å². The Balaban J connectivity index is 1.67. The summed E-state index contributed by atoms with van der Waals surface area (Å²) in [6, 6.07) is 14.2. The number of thioether (sulfide) groups is 1. The molecule has 2 aromatic carbocycles. The second-order valence-corrected chi connectivity index (χ2v) is 6.89. The van der Waals surface area contributed by atoms with Crippen molar-refractivity contribution in [3.63, 3.8) is 0 Å². The molecular formula is C19H15ClO4S. The fourth-order valence-electron chi connectivity index (χ4n) is 2.35. The summed E-state index contributed by atoms with van der Waals surface area (Å²) < 4.78 is 10.5. The highest BCUT2D eigenvalue weighted by Gasteiger charge is 2.10. The van der Waals surface area contributed by atoms with E-state index in [2.05, 4.69) is 0 Å². The maximum atomic E-state index is 12.0. The number of carbonyl (C=O) groups excluding carboxylic acids is 1. The monoisotopic (exact) mass is 374 g/mol. The molecule has 0 aliphatic carbocycles. The first-order valence-electron chi connectivity index (χ1n) is 7.59. The summed E-state index contributed by atoms with van der Waals surface area (Å²) in [5, 5.41) is 1.36. The maximum absolute atomic E-state index is 12.0. The van der Waals surface area contributed by atoms with Crippen LogP contribution in [0.15, 0.2) is 62.6 Å². The van der Waals surface area contributed by atoms with Crippen molar-refractivity contribution in [1.29, 1.82) is 0 Å². The number of carbonyl (C=O) groups is 1. The van der Waals surface area contributed by atoms with E-state index in [4.69, 9.17) is 20.8 Å². The molecule has 0 unspecified atom stereocenters. The Labute approximate surface area is 153 Å². The first-order valence-corrected chi connectivity index (χ1v) is 8.95. The molecule has 3 rings (SSSR count). The van der Waals surface area contributed by atoms with Crippen LogP contribution in [0.4, 0.5) is 0 Å². The van der Waals surface area contributed by atoms with Gasteiger partial charge in [-0.3, -0.25) is 4.79 Å². The van der Waals surface area contributed by atoms with Gasteiger partial charge in [0.05, 0.1) is 10.8 Å². The van der Waals surface area contributed by atoms with E-state index in [1.54, 1.807) is 12.1 Å². The van der Waals surface area contributed by atoms with Gasteiger partial charge < -0.3 is 9.15 Å². The zero-order valence-electron chi connectivity index (χ0n) is 13.5. The van der Waals surface area contributed by atoms with Gasteiger partial charge in [0.15, 0.2) is 0 Å². The third-order valence-electron chi connectivity index (χ3n) is 3.56. The molecule has 0 atom stereocenters. The molecule has 1 heterocycles. The summed E-state index contributed by atoms with van der Waals surface area (Å²) in [6.45, 7) is 1.94. The molecule has 3 aromatic rings. The third kappa shape index (κ3) is 4.44. The predicted octanol–water partition coefficient (Wildman–Crippen LogP) is 4.59. The lowest BCUT2D eigenvalue weighted by Gasteiger charge is -2.08. The highest BCUT2D eigenvalue weighted by atomic mass is 35.5. The van der Waals surface area contributed by atoms with Crippen molar-refractivity contribution in [3.05, 3.63) is 75.1 Å². The van der Waals surface area contributed by atoms with Gasteiger partial charge in [0.2, 0.25) is 0 Å². The van der Waals surface area contributed by atoms with E-state index in [0.717, 1.165) is 15.8 Å². The number of esters is 1. The number of halogens is 1. The van der Waals surface area contributed by atoms with E-state index < -0.39 is 5.63 Å². The van der Waals surface area contributed by atoms with Crippen LogP contribution < -0.4 is 5.63 Å². The van der Waals surface area contributed by atoms with Gasteiger partial charge in [0.1, 0.15) is 12.2 Å². The van der Waals surface area contributed by atoms with Crippen LogP contribution in [-0.2, 0) is 16.1 Å². The van der Waals surface area contributed by atoms with Crippen LogP contribution in [0.25, 0.3) is 11.0 Å². The van der Waals surface area contributed by atoms with Gasteiger partial charge in [-0.1, -0.05) is 35.9 Å². The Morgan fingerprint density at radius 2 is 2.00 bits per heavy atom. The molecule has 25 heavy (non-hydrogen) atoms. The minimum absolute atomic E-state index is 0.0209. The van der Waals surface area contributed by atoms with Gasteiger partial charge >= 0.3 is 11.6 Å². The van der Waals surface area contributed by atoms with Crippen molar-refractivity contribution >= 4 is 40.3 Å². The van der Waals surface area contributed by atoms with Gasteiger partial charge in [-0.05, 0) is 30.7 Å². The van der Waals surface area contributed by atoms with Crippen molar-refractivity contribution in [2.24, 2.45) is 0 Å².